The number of aromatic nitrogens is 2. The van der Waals surface area contributed by atoms with E-state index in [1.165, 1.54) is 0 Å². The Morgan fingerprint density at radius 1 is 1.07 bits per heavy atom. The van der Waals surface area contributed by atoms with Crippen molar-refractivity contribution in [3.8, 4) is 28.7 Å². The molecule has 1 aliphatic heterocycles. The molecule has 0 saturated carbocycles. The standard InChI is InChI=1S/C20H19N3O5/c1-2-25-15-6-3-13(4-7-15)11-18(24)21-20-23-22-19(28-20)14-5-8-16-17(12-14)27-10-9-26-16/h3-8,12H,2,9-11H2,1H3,(H,21,23,24). The van der Waals surface area contributed by atoms with Gasteiger partial charge in [-0.15, -0.1) is 5.10 Å². The van der Waals surface area contributed by atoms with Gasteiger partial charge >= 0.3 is 6.01 Å². The summed E-state index contributed by atoms with van der Waals surface area (Å²) < 4.78 is 22.0. The highest BCUT2D eigenvalue weighted by molar-refractivity contribution is 5.90. The molecule has 2 heterocycles. The number of amides is 1. The summed E-state index contributed by atoms with van der Waals surface area (Å²) in [4.78, 5) is 12.2. The SMILES string of the molecule is CCOc1ccc(CC(=O)Nc2nnc(-c3ccc4c(c3)OCCO4)o2)cc1. The zero-order chi connectivity index (χ0) is 19.3. The lowest BCUT2D eigenvalue weighted by molar-refractivity contribution is -0.115. The first-order chi connectivity index (χ1) is 13.7. The summed E-state index contributed by atoms with van der Waals surface area (Å²) in [5, 5.41) is 10.5. The quantitative estimate of drug-likeness (QED) is 0.701. The molecule has 3 aromatic rings. The third-order valence-electron chi connectivity index (χ3n) is 4.06. The van der Waals surface area contributed by atoms with Crippen LogP contribution in [0.4, 0.5) is 6.01 Å². The van der Waals surface area contributed by atoms with Gasteiger partial charge in [0.25, 0.3) is 0 Å². The Morgan fingerprint density at radius 2 is 1.86 bits per heavy atom. The van der Waals surface area contributed by atoms with Gasteiger partial charge < -0.3 is 18.6 Å². The molecule has 1 aromatic heterocycles. The van der Waals surface area contributed by atoms with E-state index in [-0.39, 0.29) is 24.2 Å². The minimum Gasteiger partial charge on any atom is -0.494 e. The van der Waals surface area contributed by atoms with Crippen molar-refractivity contribution in [1.29, 1.82) is 0 Å². The zero-order valence-electron chi connectivity index (χ0n) is 15.3. The van der Waals surface area contributed by atoms with Gasteiger partial charge in [0.2, 0.25) is 11.8 Å². The fourth-order valence-electron chi connectivity index (χ4n) is 2.79. The molecule has 28 heavy (non-hydrogen) atoms. The van der Waals surface area contributed by atoms with Crippen LogP contribution in [0.3, 0.4) is 0 Å². The minimum absolute atomic E-state index is 0.0424. The summed E-state index contributed by atoms with van der Waals surface area (Å²) in [6, 6.07) is 12.8. The molecule has 8 heteroatoms. The molecule has 0 saturated heterocycles. The number of hydrogen-bond donors (Lipinski definition) is 1. The van der Waals surface area contributed by atoms with Crippen molar-refractivity contribution in [2.24, 2.45) is 0 Å². The molecule has 4 rings (SSSR count). The summed E-state index contributed by atoms with van der Waals surface area (Å²) in [5.41, 5.74) is 1.54. The molecule has 0 bridgehead atoms. The van der Waals surface area contributed by atoms with E-state index < -0.39 is 0 Å². The van der Waals surface area contributed by atoms with E-state index in [4.69, 9.17) is 18.6 Å². The first-order valence-corrected chi connectivity index (χ1v) is 8.96. The van der Waals surface area contributed by atoms with E-state index in [2.05, 4.69) is 15.5 Å². The number of anilines is 1. The van der Waals surface area contributed by atoms with Crippen molar-refractivity contribution in [1.82, 2.24) is 10.2 Å². The molecule has 1 amide bonds. The number of benzene rings is 2. The van der Waals surface area contributed by atoms with Crippen LogP contribution in [0.25, 0.3) is 11.5 Å². The van der Waals surface area contributed by atoms with Crippen LogP contribution in [-0.4, -0.2) is 35.9 Å². The van der Waals surface area contributed by atoms with Gasteiger partial charge in [-0.1, -0.05) is 17.2 Å². The third kappa shape index (κ3) is 4.06. The number of carbonyl (C=O) groups excluding carboxylic acids is 1. The predicted octanol–water partition coefficient (Wildman–Crippen LogP) is 3.09. The number of rotatable bonds is 6. The molecule has 1 aliphatic rings. The molecular formula is C20H19N3O5. The highest BCUT2D eigenvalue weighted by Crippen LogP contribution is 2.34. The number of nitrogens with one attached hydrogen (secondary N) is 1. The van der Waals surface area contributed by atoms with Crippen molar-refractivity contribution in [2.45, 2.75) is 13.3 Å². The third-order valence-corrected chi connectivity index (χ3v) is 4.06. The summed E-state index contributed by atoms with van der Waals surface area (Å²) in [7, 11) is 0. The lowest BCUT2D eigenvalue weighted by Crippen LogP contribution is -2.15. The fraction of sp³-hybridized carbons (Fsp3) is 0.250. The monoisotopic (exact) mass is 381 g/mol. The fourth-order valence-corrected chi connectivity index (χ4v) is 2.79. The maximum Gasteiger partial charge on any atom is 0.322 e. The Labute approximate surface area is 161 Å². The molecule has 0 radical (unpaired) electrons. The Bertz CT molecular complexity index is 968. The van der Waals surface area contributed by atoms with Crippen molar-refractivity contribution in [3.05, 3.63) is 48.0 Å². The van der Waals surface area contributed by atoms with Gasteiger partial charge in [-0.25, -0.2) is 0 Å². The molecule has 144 valence electrons. The lowest BCUT2D eigenvalue weighted by Gasteiger charge is -2.18. The summed E-state index contributed by atoms with van der Waals surface area (Å²) in [6.45, 7) is 3.54. The van der Waals surface area contributed by atoms with Crippen molar-refractivity contribution < 1.29 is 23.4 Å². The Morgan fingerprint density at radius 3 is 2.64 bits per heavy atom. The second-order valence-corrected chi connectivity index (χ2v) is 6.07. The molecule has 0 fully saturated rings. The maximum absolute atomic E-state index is 12.2. The summed E-state index contributed by atoms with van der Waals surface area (Å²) in [6.07, 6.45) is 0.189. The molecule has 2 aromatic carbocycles. The Hall–Kier alpha value is -3.55. The molecule has 0 unspecified atom stereocenters. The van der Waals surface area contributed by atoms with Crippen molar-refractivity contribution >= 4 is 11.9 Å². The van der Waals surface area contributed by atoms with Crippen LogP contribution in [0.15, 0.2) is 46.9 Å². The van der Waals surface area contributed by atoms with Crippen LogP contribution < -0.4 is 19.5 Å². The highest BCUT2D eigenvalue weighted by Gasteiger charge is 2.16. The van der Waals surface area contributed by atoms with Gasteiger partial charge in [0.15, 0.2) is 11.5 Å². The van der Waals surface area contributed by atoms with Crippen LogP contribution in [0.5, 0.6) is 17.2 Å². The number of fused-ring (bicyclic) bond motifs is 1. The number of ether oxygens (including phenoxy) is 3. The maximum atomic E-state index is 12.2. The van der Waals surface area contributed by atoms with Crippen molar-refractivity contribution in [2.75, 3.05) is 25.1 Å². The number of carbonyl (C=O) groups is 1. The van der Waals surface area contributed by atoms with Gasteiger partial charge in [0.1, 0.15) is 19.0 Å². The Kier molecular flexibility index (Phi) is 5.09. The second kappa shape index (κ2) is 7.99. The van der Waals surface area contributed by atoms with Gasteiger partial charge in [-0.3, -0.25) is 10.1 Å². The van der Waals surface area contributed by atoms with Crippen LogP contribution in [0.1, 0.15) is 12.5 Å². The van der Waals surface area contributed by atoms with E-state index in [0.717, 1.165) is 11.3 Å². The molecule has 1 N–H and O–H groups in total. The average Bonchev–Trinajstić information content (AvgIpc) is 3.17. The van der Waals surface area contributed by atoms with Gasteiger partial charge in [0, 0.05) is 5.56 Å². The van der Waals surface area contributed by atoms with E-state index in [0.29, 0.717) is 36.9 Å². The van der Waals surface area contributed by atoms with E-state index in [1.807, 2.05) is 31.2 Å². The lowest BCUT2D eigenvalue weighted by atomic mass is 10.1. The molecular weight excluding hydrogens is 362 g/mol. The molecule has 8 nitrogen and oxygen atoms in total. The molecule has 0 atom stereocenters. The first kappa shape index (κ1) is 17.8. The Balaban J connectivity index is 1.39. The highest BCUT2D eigenvalue weighted by atomic mass is 16.6. The number of hydrogen-bond acceptors (Lipinski definition) is 7. The van der Waals surface area contributed by atoms with Crippen LogP contribution in [0.2, 0.25) is 0 Å². The van der Waals surface area contributed by atoms with Crippen LogP contribution in [0, 0.1) is 0 Å². The largest absolute Gasteiger partial charge is 0.494 e. The topological polar surface area (TPSA) is 95.7 Å². The summed E-state index contributed by atoms with van der Waals surface area (Å²) >= 11 is 0. The second-order valence-electron chi connectivity index (χ2n) is 6.07. The first-order valence-electron chi connectivity index (χ1n) is 8.96. The molecule has 0 spiro atoms. The van der Waals surface area contributed by atoms with Crippen LogP contribution >= 0.6 is 0 Å². The minimum atomic E-state index is -0.249. The van der Waals surface area contributed by atoms with E-state index in [1.54, 1.807) is 18.2 Å². The van der Waals surface area contributed by atoms with E-state index >= 15 is 0 Å². The number of nitrogens with zero attached hydrogens (tertiary/aromatic N) is 2. The molecule has 0 aliphatic carbocycles. The van der Waals surface area contributed by atoms with Crippen LogP contribution in [-0.2, 0) is 11.2 Å². The van der Waals surface area contributed by atoms with Crippen molar-refractivity contribution in [3.63, 3.8) is 0 Å². The summed E-state index contributed by atoms with van der Waals surface area (Å²) in [5.74, 6) is 2.11. The normalized spacial score (nSPS) is 12.5. The van der Waals surface area contributed by atoms with Gasteiger partial charge in [0.05, 0.1) is 13.0 Å². The average molecular weight is 381 g/mol. The zero-order valence-corrected chi connectivity index (χ0v) is 15.3. The predicted molar refractivity (Wildman–Crippen MR) is 101 cm³/mol. The van der Waals surface area contributed by atoms with Gasteiger partial charge in [-0.2, -0.15) is 0 Å². The van der Waals surface area contributed by atoms with Gasteiger partial charge in [-0.05, 0) is 42.8 Å². The smallest absolute Gasteiger partial charge is 0.322 e. The van der Waals surface area contributed by atoms with E-state index in [9.17, 15) is 4.79 Å².